The minimum atomic E-state index is -1.31. The van der Waals surface area contributed by atoms with Gasteiger partial charge in [-0.1, -0.05) is 6.07 Å². The predicted molar refractivity (Wildman–Crippen MR) is 70.3 cm³/mol. The highest BCUT2D eigenvalue weighted by atomic mass is 32.1. The highest BCUT2D eigenvalue weighted by Gasteiger charge is 2.16. The van der Waals surface area contributed by atoms with Crippen LogP contribution in [0, 0.1) is 5.82 Å². The minimum Gasteiger partial charge on any atom is -0.478 e. The fraction of sp³-hybridized carbons (Fsp3) is 0. The van der Waals surface area contributed by atoms with Crippen molar-refractivity contribution in [3.05, 3.63) is 46.4 Å². The molecule has 98 valence electrons. The van der Waals surface area contributed by atoms with Crippen molar-refractivity contribution in [3.8, 4) is 0 Å². The van der Waals surface area contributed by atoms with Gasteiger partial charge in [-0.05, 0) is 23.6 Å². The van der Waals surface area contributed by atoms with E-state index in [9.17, 15) is 14.0 Å². The summed E-state index contributed by atoms with van der Waals surface area (Å²) in [6.07, 6.45) is 0. The smallest absolute Gasteiger partial charge is 0.337 e. The van der Waals surface area contributed by atoms with Gasteiger partial charge in [0.05, 0.1) is 16.9 Å². The quantitative estimate of drug-likeness (QED) is 0.807. The lowest BCUT2D eigenvalue weighted by molar-refractivity contribution is 0.0697. The van der Waals surface area contributed by atoms with Gasteiger partial charge in [0.25, 0.3) is 0 Å². The molecule has 1 aromatic carbocycles. The number of carbonyl (C=O) groups excluding carboxylic acids is 1. The second-order valence-electron chi connectivity index (χ2n) is 3.56. The maximum Gasteiger partial charge on any atom is 0.337 e. The fourth-order valence-electron chi connectivity index (χ4n) is 1.44. The molecule has 0 unspecified atom stereocenters. The number of para-hydroxylation sites is 1. The number of carboxylic acids is 1. The molecule has 2 rings (SSSR count). The van der Waals surface area contributed by atoms with Gasteiger partial charge < -0.3 is 15.7 Å². The molecule has 7 heteroatoms. The van der Waals surface area contributed by atoms with Crippen LogP contribution in [0.25, 0.3) is 0 Å². The molecule has 0 atom stereocenters. The average Bonchev–Trinajstić information content (AvgIpc) is 2.84. The number of nitrogens with one attached hydrogen (secondary N) is 2. The lowest BCUT2D eigenvalue weighted by Crippen LogP contribution is -2.21. The maximum absolute atomic E-state index is 13.5. The molecule has 0 saturated carbocycles. The van der Waals surface area contributed by atoms with E-state index in [4.69, 9.17) is 5.11 Å². The van der Waals surface area contributed by atoms with E-state index in [0.717, 1.165) is 6.07 Å². The van der Waals surface area contributed by atoms with Crippen molar-refractivity contribution in [3.63, 3.8) is 0 Å². The van der Waals surface area contributed by atoms with Gasteiger partial charge in [0.15, 0.2) is 0 Å². The summed E-state index contributed by atoms with van der Waals surface area (Å²) in [4.78, 5) is 22.6. The Morgan fingerprint density at radius 3 is 2.63 bits per heavy atom. The van der Waals surface area contributed by atoms with Gasteiger partial charge in [-0.2, -0.15) is 11.3 Å². The van der Waals surface area contributed by atoms with E-state index < -0.39 is 17.8 Å². The fourth-order valence-corrected chi connectivity index (χ4v) is 2.03. The Bertz CT molecular complexity index is 613. The topological polar surface area (TPSA) is 78.4 Å². The molecule has 2 aromatic rings. The molecule has 0 saturated heterocycles. The maximum atomic E-state index is 13.5. The summed E-state index contributed by atoms with van der Waals surface area (Å²) in [6.45, 7) is 0. The van der Waals surface area contributed by atoms with Crippen LogP contribution < -0.4 is 10.6 Å². The number of aromatic carboxylic acids is 1. The number of benzene rings is 1. The van der Waals surface area contributed by atoms with Crippen LogP contribution in [0.1, 0.15) is 10.4 Å². The van der Waals surface area contributed by atoms with Crippen LogP contribution in [0.5, 0.6) is 0 Å². The normalized spacial score (nSPS) is 9.95. The van der Waals surface area contributed by atoms with E-state index in [0.29, 0.717) is 5.69 Å². The van der Waals surface area contributed by atoms with Crippen molar-refractivity contribution >= 4 is 34.7 Å². The summed E-state index contributed by atoms with van der Waals surface area (Å²) >= 11 is 1.39. The monoisotopic (exact) mass is 280 g/mol. The number of amides is 2. The predicted octanol–water partition coefficient (Wildman–Crippen LogP) is 3.23. The van der Waals surface area contributed by atoms with E-state index in [-0.39, 0.29) is 11.3 Å². The van der Waals surface area contributed by atoms with Crippen molar-refractivity contribution < 1.29 is 19.1 Å². The largest absolute Gasteiger partial charge is 0.478 e. The van der Waals surface area contributed by atoms with E-state index in [1.54, 1.807) is 16.8 Å². The minimum absolute atomic E-state index is 0.305. The number of halogens is 1. The van der Waals surface area contributed by atoms with Crippen LogP contribution in [0.2, 0.25) is 0 Å². The van der Waals surface area contributed by atoms with E-state index in [2.05, 4.69) is 10.6 Å². The Kier molecular flexibility index (Phi) is 3.76. The van der Waals surface area contributed by atoms with Crippen LogP contribution in [0.15, 0.2) is 35.0 Å². The van der Waals surface area contributed by atoms with E-state index in [1.165, 1.54) is 23.5 Å². The zero-order valence-corrected chi connectivity index (χ0v) is 10.3. The molecule has 0 bridgehead atoms. The lowest BCUT2D eigenvalue weighted by Gasteiger charge is -2.09. The van der Waals surface area contributed by atoms with Crippen LogP contribution in [-0.4, -0.2) is 17.1 Å². The van der Waals surface area contributed by atoms with Crippen molar-refractivity contribution in [2.24, 2.45) is 0 Å². The van der Waals surface area contributed by atoms with Gasteiger partial charge in [0.1, 0.15) is 5.82 Å². The molecule has 0 fully saturated rings. The second-order valence-corrected chi connectivity index (χ2v) is 4.34. The summed E-state index contributed by atoms with van der Waals surface area (Å²) in [5.41, 5.74) is -0.112. The summed E-state index contributed by atoms with van der Waals surface area (Å²) in [6, 6.07) is 4.52. The van der Waals surface area contributed by atoms with Crippen LogP contribution in [-0.2, 0) is 0 Å². The summed E-state index contributed by atoms with van der Waals surface area (Å²) in [5, 5.41) is 17.0. The lowest BCUT2D eigenvalue weighted by atomic mass is 10.1. The first-order valence-corrected chi connectivity index (χ1v) is 6.14. The molecule has 0 aliphatic rings. The molecule has 0 radical (unpaired) electrons. The molecule has 5 nitrogen and oxygen atoms in total. The highest BCUT2D eigenvalue weighted by molar-refractivity contribution is 7.08. The van der Waals surface area contributed by atoms with Crippen molar-refractivity contribution in [2.75, 3.05) is 10.6 Å². The summed E-state index contributed by atoms with van der Waals surface area (Å²) in [7, 11) is 0. The van der Waals surface area contributed by atoms with Gasteiger partial charge in [-0.25, -0.2) is 14.0 Å². The Morgan fingerprint density at radius 1 is 1.21 bits per heavy atom. The van der Waals surface area contributed by atoms with Gasteiger partial charge in [-0.15, -0.1) is 0 Å². The third-order valence-electron chi connectivity index (χ3n) is 2.26. The van der Waals surface area contributed by atoms with E-state index >= 15 is 0 Å². The third kappa shape index (κ3) is 3.08. The van der Waals surface area contributed by atoms with E-state index in [1.807, 2.05) is 0 Å². The highest BCUT2D eigenvalue weighted by Crippen LogP contribution is 2.20. The molecule has 2 amide bonds. The molecular formula is C12H9FN2O3S. The molecule has 19 heavy (non-hydrogen) atoms. The van der Waals surface area contributed by atoms with Gasteiger partial charge in [-0.3, -0.25) is 0 Å². The molecule has 3 N–H and O–H groups in total. The number of urea groups is 1. The number of hydrogen-bond acceptors (Lipinski definition) is 3. The number of anilines is 2. The zero-order chi connectivity index (χ0) is 13.8. The van der Waals surface area contributed by atoms with Gasteiger partial charge >= 0.3 is 12.0 Å². The first-order chi connectivity index (χ1) is 9.08. The Labute approximate surface area is 111 Å². The standard InChI is InChI=1S/C12H9FN2O3S/c13-9-3-1-2-8(11(16)17)10(9)15-12(18)14-7-4-5-19-6-7/h1-6H,(H,16,17)(H2,14,15,18). The summed E-state index contributed by atoms with van der Waals surface area (Å²) in [5.74, 6) is -2.12. The van der Waals surface area contributed by atoms with Crippen LogP contribution in [0.3, 0.4) is 0 Å². The number of thiophene rings is 1. The molecule has 1 heterocycles. The number of hydrogen-bond donors (Lipinski definition) is 3. The number of carbonyl (C=O) groups is 2. The van der Waals surface area contributed by atoms with Gasteiger partial charge in [0.2, 0.25) is 0 Å². The number of carboxylic acid groups (broad SMARTS) is 1. The molecule has 0 spiro atoms. The third-order valence-corrected chi connectivity index (χ3v) is 2.94. The molecular weight excluding hydrogens is 271 g/mol. The second kappa shape index (κ2) is 5.49. The molecule has 1 aromatic heterocycles. The van der Waals surface area contributed by atoms with Crippen molar-refractivity contribution in [1.29, 1.82) is 0 Å². The Hall–Kier alpha value is -2.41. The summed E-state index contributed by atoms with van der Waals surface area (Å²) < 4.78 is 13.5. The zero-order valence-electron chi connectivity index (χ0n) is 9.51. The Balaban J connectivity index is 2.19. The first-order valence-electron chi connectivity index (χ1n) is 5.20. The van der Waals surface area contributed by atoms with Crippen LogP contribution in [0.4, 0.5) is 20.6 Å². The Morgan fingerprint density at radius 2 is 2.00 bits per heavy atom. The first kappa shape index (κ1) is 13.0. The van der Waals surface area contributed by atoms with Crippen LogP contribution >= 0.6 is 11.3 Å². The molecule has 0 aliphatic heterocycles. The van der Waals surface area contributed by atoms with Crippen molar-refractivity contribution in [2.45, 2.75) is 0 Å². The number of rotatable bonds is 3. The molecule has 0 aliphatic carbocycles. The SMILES string of the molecule is O=C(Nc1ccsc1)Nc1c(F)cccc1C(=O)O. The van der Waals surface area contributed by atoms with Gasteiger partial charge in [0, 0.05) is 5.38 Å². The van der Waals surface area contributed by atoms with Crippen molar-refractivity contribution in [1.82, 2.24) is 0 Å². The average molecular weight is 280 g/mol.